The first-order chi connectivity index (χ1) is 6.57. The molecule has 0 saturated heterocycles. The van der Waals surface area contributed by atoms with Gasteiger partial charge in [-0.05, 0) is 12.8 Å². The Kier molecular flexibility index (Phi) is 12.7. The number of aliphatic carboxylic acids is 2. The molecule has 0 atom stereocenters. The van der Waals surface area contributed by atoms with Gasteiger partial charge in [-0.25, -0.2) is 0 Å². The summed E-state index contributed by atoms with van der Waals surface area (Å²) in [7, 11) is 0. The van der Waals surface area contributed by atoms with Gasteiger partial charge in [-0.3, -0.25) is 9.59 Å². The molecule has 0 aliphatic heterocycles. The van der Waals surface area contributed by atoms with E-state index < -0.39 is 11.9 Å². The van der Waals surface area contributed by atoms with Crippen molar-refractivity contribution in [3.8, 4) is 0 Å². The molecule has 6 heteroatoms. The Morgan fingerprint density at radius 3 is 1.73 bits per heavy atom. The number of hydrogen-bond donors (Lipinski definition) is 3. The average molecular weight is 343 g/mol. The molecule has 0 bridgehead atoms. The molecule has 86 valence electrons. The second-order valence-electron chi connectivity index (χ2n) is 3.27. The Hall–Kier alpha value is 0.277. The van der Waals surface area contributed by atoms with E-state index in [-0.39, 0.29) is 54.2 Å². The van der Waals surface area contributed by atoms with Gasteiger partial charge in [0.2, 0.25) is 0 Å². The molecule has 5 nitrogen and oxygen atoms in total. The first-order valence-corrected chi connectivity index (χ1v) is 4.72. The predicted octanol–water partition coefficient (Wildman–Crippen LogP) is 0.681. The maximum absolute atomic E-state index is 10.4. The van der Waals surface area contributed by atoms with E-state index in [9.17, 15) is 9.59 Å². The summed E-state index contributed by atoms with van der Waals surface area (Å²) in [5, 5.41) is 16.1. The van der Waals surface area contributed by atoms with Crippen molar-refractivity contribution >= 4 is 11.9 Å². The molecule has 0 heterocycles. The van der Waals surface area contributed by atoms with Crippen LogP contribution in [0.25, 0.3) is 0 Å². The molecular weight excluding hydrogens is 326 g/mol. The van der Waals surface area contributed by atoms with Crippen molar-refractivity contribution in [2.24, 2.45) is 11.7 Å². The maximum Gasteiger partial charge on any atom is 0.317 e. The fraction of sp³-hybridized carbons (Fsp3) is 0.778. The minimum absolute atomic E-state index is 0. The Balaban J connectivity index is 0. The third-order valence-corrected chi connectivity index (χ3v) is 2.13. The molecule has 0 aromatic rings. The van der Waals surface area contributed by atoms with Crippen LogP contribution in [0.2, 0.25) is 0 Å². The quantitative estimate of drug-likeness (QED) is 0.685. The number of carboxylic acid groups (broad SMARTS) is 2. The van der Waals surface area contributed by atoms with E-state index >= 15 is 0 Å². The van der Waals surface area contributed by atoms with E-state index in [1.54, 1.807) is 0 Å². The number of hydrogen-bond acceptors (Lipinski definition) is 3. The summed E-state index contributed by atoms with van der Waals surface area (Å²) in [5.74, 6) is -1.60. The standard InChI is InChI=1S/C7H12O2.C2H5NO2.Ce/c8-7(9)6-4-2-1-3-5-6;3-1-2(4)5;/h6H,1-5H2,(H,8,9);1,3H2,(H,4,5);. The van der Waals surface area contributed by atoms with Crippen molar-refractivity contribution in [2.75, 3.05) is 6.54 Å². The van der Waals surface area contributed by atoms with Crippen LogP contribution in [0, 0.1) is 47.7 Å². The largest absolute Gasteiger partial charge is 0.481 e. The topological polar surface area (TPSA) is 101 Å². The molecule has 0 aromatic heterocycles. The van der Waals surface area contributed by atoms with Crippen LogP contribution in [0.3, 0.4) is 0 Å². The second-order valence-corrected chi connectivity index (χ2v) is 3.27. The first kappa shape index (κ1) is 17.7. The van der Waals surface area contributed by atoms with E-state index in [2.05, 4.69) is 5.73 Å². The second kappa shape index (κ2) is 10.8. The summed E-state index contributed by atoms with van der Waals surface area (Å²) in [4.78, 5) is 19.6. The van der Waals surface area contributed by atoms with Crippen LogP contribution in [0.1, 0.15) is 32.1 Å². The minimum Gasteiger partial charge on any atom is -0.481 e. The van der Waals surface area contributed by atoms with Gasteiger partial charge in [0, 0.05) is 41.7 Å². The molecule has 0 aromatic carbocycles. The molecule has 1 saturated carbocycles. The van der Waals surface area contributed by atoms with Crippen molar-refractivity contribution < 1.29 is 61.5 Å². The molecule has 0 unspecified atom stereocenters. The number of nitrogens with two attached hydrogens (primary N) is 1. The van der Waals surface area contributed by atoms with Crippen LogP contribution in [0.4, 0.5) is 0 Å². The van der Waals surface area contributed by atoms with Crippen molar-refractivity contribution in [1.29, 1.82) is 0 Å². The summed E-state index contributed by atoms with van der Waals surface area (Å²) >= 11 is 0. The minimum atomic E-state index is -0.968. The molecule has 0 spiro atoms. The summed E-state index contributed by atoms with van der Waals surface area (Å²) in [6.07, 6.45) is 5.24. The van der Waals surface area contributed by atoms with Gasteiger partial charge in [-0.2, -0.15) is 0 Å². The van der Waals surface area contributed by atoms with Gasteiger partial charge in [0.25, 0.3) is 0 Å². The molecule has 1 aliphatic rings. The normalized spacial score (nSPS) is 15.5. The SMILES string of the molecule is NCC(=O)O.O=C(O)C1CCCCC1.[Ce]. The van der Waals surface area contributed by atoms with Gasteiger partial charge < -0.3 is 15.9 Å². The zero-order valence-electron chi connectivity index (χ0n) is 8.61. The van der Waals surface area contributed by atoms with Crippen molar-refractivity contribution in [2.45, 2.75) is 32.1 Å². The Labute approximate surface area is 123 Å². The van der Waals surface area contributed by atoms with Gasteiger partial charge in [-0.1, -0.05) is 19.3 Å². The summed E-state index contributed by atoms with van der Waals surface area (Å²) in [6.45, 7) is -0.278. The van der Waals surface area contributed by atoms with Crippen LogP contribution < -0.4 is 5.73 Å². The fourth-order valence-corrected chi connectivity index (χ4v) is 1.35. The van der Waals surface area contributed by atoms with E-state index in [0.29, 0.717) is 0 Å². The Morgan fingerprint density at radius 1 is 1.13 bits per heavy atom. The molecular formula is C9H17CeNO4. The van der Waals surface area contributed by atoms with Crippen molar-refractivity contribution in [1.82, 2.24) is 0 Å². The molecule has 4 N–H and O–H groups in total. The van der Waals surface area contributed by atoms with Crippen molar-refractivity contribution in [3.63, 3.8) is 0 Å². The fourth-order valence-electron chi connectivity index (χ4n) is 1.35. The van der Waals surface area contributed by atoms with Gasteiger partial charge in [0.1, 0.15) is 0 Å². The van der Waals surface area contributed by atoms with Gasteiger partial charge in [-0.15, -0.1) is 0 Å². The van der Waals surface area contributed by atoms with E-state index in [0.717, 1.165) is 25.7 Å². The zero-order valence-corrected chi connectivity index (χ0v) is 11.7. The molecule has 15 heavy (non-hydrogen) atoms. The van der Waals surface area contributed by atoms with Gasteiger partial charge in [0.15, 0.2) is 0 Å². The average Bonchev–Trinajstić information content (AvgIpc) is 2.20. The third kappa shape index (κ3) is 10.6. The van der Waals surface area contributed by atoms with Crippen LogP contribution in [0.15, 0.2) is 0 Å². The van der Waals surface area contributed by atoms with Crippen LogP contribution >= 0.6 is 0 Å². The summed E-state index contributed by atoms with van der Waals surface area (Å²) < 4.78 is 0. The van der Waals surface area contributed by atoms with E-state index in [4.69, 9.17) is 10.2 Å². The van der Waals surface area contributed by atoms with Gasteiger partial charge in [0.05, 0.1) is 12.5 Å². The molecule has 0 radical (unpaired) electrons. The molecule has 1 aliphatic carbocycles. The van der Waals surface area contributed by atoms with Crippen LogP contribution in [-0.2, 0) is 9.59 Å². The van der Waals surface area contributed by atoms with E-state index in [1.807, 2.05) is 0 Å². The van der Waals surface area contributed by atoms with E-state index in [1.165, 1.54) is 6.42 Å². The third-order valence-electron chi connectivity index (χ3n) is 2.13. The monoisotopic (exact) mass is 343 g/mol. The maximum atomic E-state index is 10.4. The van der Waals surface area contributed by atoms with Crippen LogP contribution in [0.5, 0.6) is 0 Å². The Bertz CT molecular complexity index is 193. The number of carboxylic acids is 2. The summed E-state index contributed by atoms with van der Waals surface area (Å²) in [5.41, 5.74) is 4.57. The molecule has 1 fully saturated rings. The molecule has 1 rings (SSSR count). The predicted molar refractivity (Wildman–Crippen MR) is 50.9 cm³/mol. The van der Waals surface area contributed by atoms with Crippen molar-refractivity contribution in [3.05, 3.63) is 0 Å². The summed E-state index contributed by atoms with van der Waals surface area (Å²) in [6, 6.07) is 0. The molecule has 0 amide bonds. The van der Waals surface area contributed by atoms with Gasteiger partial charge >= 0.3 is 11.9 Å². The Morgan fingerprint density at radius 2 is 1.53 bits per heavy atom. The number of carbonyl (C=O) groups is 2. The van der Waals surface area contributed by atoms with Crippen LogP contribution in [-0.4, -0.2) is 28.7 Å². The zero-order chi connectivity index (χ0) is 11.0. The number of rotatable bonds is 2. The smallest absolute Gasteiger partial charge is 0.317 e. The first-order valence-electron chi connectivity index (χ1n) is 4.72.